The van der Waals surface area contributed by atoms with E-state index in [-0.39, 0.29) is 0 Å². The lowest BCUT2D eigenvalue weighted by Crippen LogP contribution is -2.49. The van der Waals surface area contributed by atoms with Gasteiger partial charge in [0.05, 0.1) is 12.2 Å². The molecule has 1 aliphatic heterocycles. The minimum atomic E-state index is -0.545. The Bertz CT molecular complexity index is 384. The Hall–Kier alpha value is -1.26. The van der Waals surface area contributed by atoms with Crippen molar-refractivity contribution in [2.24, 2.45) is 0 Å². The molecule has 0 amide bonds. The van der Waals surface area contributed by atoms with Gasteiger partial charge in [0.1, 0.15) is 5.75 Å². The first-order chi connectivity index (χ1) is 9.17. The highest BCUT2D eigenvalue weighted by atomic mass is 16.5. The molecule has 2 rings (SSSR count). The zero-order chi connectivity index (χ0) is 13.7. The summed E-state index contributed by atoms with van der Waals surface area (Å²) in [6, 6.07) is 8.20. The molecule has 0 bridgehead atoms. The average Bonchev–Trinajstić information content (AvgIpc) is 2.41. The smallest absolute Gasteiger partial charge is 0.119 e. The Kier molecular flexibility index (Phi) is 4.66. The van der Waals surface area contributed by atoms with Crippen molar-refractivity contribution in [2.45, 2.75) is 25.4 Å². The number of anilines is 1. The van der Waals surface area contributed by atoms with Crippen LogP contribution in [0.3, 0.4) is 0 Å². The number of nitrogens with one attached hydrogen (secondary N) is 1. The van der Waals surface area contributed by atoms with Crippen LogP contribution in [0.15, 0.2) is 24.3 Å². The fourth-order valence-corrected chi connectivity index (χ4v) is 2.61. The standard InChI is InChI=1S/C15H24N2O2/c1-3-19-14-6-4-13(5-7-14)17-10-8-15(18,9-11-17)12-16-2/h4-7,16,18H,3,8-12H2,1-2H3. The van der Waals surface area contributed by atoms with Crippen LogP contribution in [0.2, 0.25) is 0 Å². The number of piperidine rings is 1. The first-order valence-electron chi connectivity index (χ1n) is 7.02. The average molecular weight is 264 g/mol. The van der Waals surface area contributed by atoms with Crippen molar-refractivity contribution in [3.8, 4) is 5.75 Å². The van der Waals surface area contributed by atoms with Crippen LogP contribution in [0, 0.1) is 0 Å². The van der Waals surface area contributed by atoms with Crippen molar-refractivity contribution in [1.29, 1.82) is 0 Å². The Morgan fingerprint density at radius 1 is 1.26 bits per heavy atom. The van der Waals surface area contributed by atoms with Gasteiger partial charge >= 0.3 is 0 Å². The van der Waals surface area contributed by atoms with Gasteiger partial charge in [-0.1, -0.05) is 0 Å². The van der Waals surface area contributed by atoms with E-state index in [1.54, 1.807) is 0 Å². The number of hydrogen-bond donors (Lipinski definition) is 2. The highest BCUT2D eigenvalue weighted by Gasteiger charge is 2.31. The first-order valence-corrected chi connectivity index (χ1v) is 7.02. The fraction of sp³-hybridized carbons (Fsp3) is 0.600. The van der Waals surface area contributed by atoms with Crippen molar-refractivity contribution in [2.75, 3.05) is 38.2 Å². The van der Waals surface area contributed by atoms with E-state index in [1.165, 1.54) is 5.69 Å². The molecule has 106 valence electrons. The summed E-state index contributed by atoms with van der Waals surface area (Å²) in [5, 5.41) is 13.4. The van der Waals surface area contributed by atoms with Gasteiger partial charge in [0.15, 0.2) is 0 Å². The third-order valence-corrected chi connectivity index (χ3v) is 3.71. The summed E-state index contributed by atoms with van der Waals surface area (Å²) < 4.78 is 5.45. The molecule has 1 aromatic rings. The second-order valence-electron chi connectivity index (χ2n) is 5.17. The summed E-state index contributed by atoms with van der Waals surface area (Å²) in [5.41, 5.74) is 0.659. The van der Waals surface area contributed by atoms with Crippen LogP contribution in [0.5, 0.6) is 5.75 Å². The summed E-state index contributed by atoms with van der Waals surface area (Å²) in [7, 11) is 1.89. The molecular formula is C15H24N2O2. The molecule has 4 heteroatoms. The molecule has 1 saturated heterocycles. The molecule has 1 aromatic carbocycles. The molecule has 0 spiro atoms. The molecule has 0 saturated carbocycles. The number of nitrogens with zero attached hydrogens (tertiary/aromatic N) is 1. The van der Waals surface area contributed by atoms with E-state index in [0.29, 0.717) is 13.2 Å². The molecule has 0 atom stereocenters. The number of benzene rings is 1. The van der Waals surface area contributed by atoms with Gasteiger partial charge in [-0.2, -0.15) is 0 Å². The van der Waals surface area contributed by atoms with Crippen LogP contribution in [-0.2, 0) is 0 Å². The Balaban J connectivity index is 1.93. The summed E-state index contributed by atoms with van der Waals surface area (Å²) in [4.78, 5) is 2.32. The van der Waals surface area contributed by atoms with Crippen molar-refractivity contribution in [3.05, 3.63) is 24.3 Å². The molecule has 2 N–H and O–H groups in total. The van der Waals surface area contributed by atoms with E-state index in [4.69, 9.17) is 4.74 Å². The van der Waals surface area contributed by atoms with Crippen molar-refractivity contribution in [1.82, 2.24) is 5.32 Å². The van der Waals surface area contributed by atoms with E-state index in [2.05, 4.69) is 22.3 Å². The number of aliphatic hydroxyl groups is 1. The third kappa shape index (κ3) is 3.61. The molecule has 0 unspecified atom stereocenters. The SMILES string of the molecule is CCOc1ccc(N2CCC(O)(CNC)CC2)cc1. The Morgan fingerprint density at radius 2 is 1.89 bits per heavy atom. The largest absolute Gasteiger partial charge is 0.494 e. The number of hydrogen-bond acceptors (Lipinski definition) is 4. The van der Waals surface area contributed by atoms with Gasteiger partial charge in [0, 0.05) is 25.3 Å². The van der Waals surface area contributed by atoms with Crippen molar-refractivity contribution < 1.29 is 9.84 Å². The zero-order valence-corrected chi connectivity index (χ0v) is 11.9. The lowest BCUT2D eigenvalue weighted by molar-refractivity contribution is 0.0185. The Morgan fingerprint density at radius 3 is 2.42 bits per heavy atom. The summed E-state index contributed by atoms with van der Waals surface area (Å²) >= 11 is 0. The van der Waals surface area contributed by atoms with Gasteiger partial charge in [-0.15, -0.1) is 0 Å². The minimum Gasteiger partial charge on any atom is -0.494 e. The number of rotatable bonds is 5. The second kappa shape index (κ2) is 6.26. The van der Waals surface area contributed by atoms with Crippen LogP contribution >= 0.6 is 0 Å². The van der Waals surface area contributed by atoms with E-state index < -0.39 is 5.60 Å². The minimum absolute atomic E-state index is 0.545. The fourth-order valence-electron chi connectivity index (χ4n) is 2.61. The van der Waals surface area contributed by atoms with Crippen LogP contribution in [-0.4, -0.2) is 44.0 Å². The maximum Gasteiger partial charge on any atom is 0.119 e. The molecule has 1 aliphatic rings. The molecular weight excluding hydrogens is 240 g/mol. The normalized spacial score (nSPS) is 18.4. The summed E-state index contributed by atoms with van der Waals surface area (Å²) in [6.45, 7) is 5.14. The van der Waals surface area contributed by atoms with E-state index in [9.17, 15) is 5.11 Å². The monoisotopic (exact) mass is 264 g/mol. The maximum absolute atomic E-state index is 10.3. The lowest BCUT2D eigenvalue weighted by Gasteiger charge is -2.39. The predicted molar refractivity (Wildman–Crippen MR) is 77.9 cm³/mol. The summed E-state index contributed by atoms with van der Waals surface area (Å²) in [5.74, 6) is 0.912. The number of likely N-dealkylation sites (N-methyl/N-ethyl adjacent to an activating group) is 1. The maximum atomic E-state index is 10.3. The van der Waals surface area contributed by atoms with Crippen molar-refractivity contribution >= 4 is 5.69 Å². The molecule has 1 fully saturated rings. The first kappa shape index (κ1) is 14.2. The van der Waals surface area contributed by atoms with Gasteiger partial charge in [0.25, 0.3) is 0 Å². The highest BCUT2D eigenvalue weighted by molar-refractivity contribution is 5.49. The van der Waals surface area contributed by atoms with Gasteiger partial charge < -0.3 is 20.1 Å². The molecule has 0 radical (unpaired) electrons. The molecule has 4 nitrogen and oxygen atoms in total. The van der Waals surface area contributed by atoms with Crippen LogP contribution in [0.1, 0.15) is 19.8 Å². The summed E-state index contributed by atoms with van der Waals surface area (Å²) in [6.07, 6.45) is 1.61. The van der Waals surface area contributed by atoms with Gasteiger partial charge in [-0.3, -0.25) is 0 Å². The second-order valence-corrected chi connectivity index (χ2v) is 5.17. The lowest BCUT2D eigenvalue weighted by atomic mass is 9.91. The molecule has 0 aromatic heterocycles. The van der Waals surface area contributed by atoms with Crippen LogP contribution < -0.4 is 15.0 Å². The molecule has 0 aliphatic carbocycles. The highest BCUT2D eigenvalue weighted by Crippen LogP contribution is 2.27. The molecule has 1 heterocycles. The van der Waals surface area contributed by atoms with Crippen LogP contribution in [0.25, 0.3) is 0 Å². The third-order valence-electron chi connectivity index (χ3n) is 3.71. The topological polar surface area (TPSA) is 44.7 Å². The van der Waals surface area contributed by atoms with Crippen LogP contribution in [0.4, 0.5) is 5.69 Å². The van der Waals surface area contributed by atoms with Gasteiger partial charge in [-0.05, 0) is 51.1 Å². The van der Waals surface area contributed by atoms with E-state index in [0.717, 1.165) is 31.7 Å². The van der Waals surface area contributed by atoms with Gasteiger partial charge in [0.2, 0.25) is 0 Å². The molecule has 19 heavy (non-hydrogen) atoms. The zero-order valence-electron chi connectivity index (χ0n) is 11.9. The number of ether oxygens (including phenoxy) is 1. The Labute approximate surface area is 115 Å². The van der Waals surface area contributed by atoms with Gasteiger partial charge in [-0.25, -0.2) is 0 Å². The van der Waals surface area contributed by atoms with E-state index >= 15 is 0 Å². The predicted octanol–water partition coefficient (Wildman–Crippen LogP) is 1.64. The van der Waals surface area contributed by atoms with E-state index in [1.807, 2.05) is 26.1 Å². The quantitative estimate of drug-likeness (QED) is 0.848. The van der Waals surface area contributed by atoms with Crippen molar-refractivity contribution in [3.63, 3.8) is 0 Å².